The van der Waals surface area contributed by atoms with E-state index >= 15 is 0 Å². The number of benzene rings is 2. The standard InChI is InChI=1S/C20H22N2O4S/c1-12-3-5-15(6-4-12)22-27(24,25)16-9-10-18-17(11-16)13(2)19(26-18)20(23)21-14-7-8-14/h3-6,9-11,13-14,19,22H,7-8H2,1-2H3,(H,21,23). The Hall–Kier alpha value is -2.54. The van der Waals surface area contributed by atoms with E-state index < -0.39 is 16.1 Å². The Kier molecular flexibility index (Phi) is 4.34. The van der Waals surface area contributed by atoms with Gasteiger partial charge in [-0.05, 0) is 50.1 Å². The van der Waals surface area contributed by atoms with Gasteiger partial charge in [-0.15, -0.1) is 0 Å². The molecule has 6 nitrogen and oxygen atoms in total. The number of hydrogen-bond acceptors (Lipinski definition) is 4. The lowest BCUT2D eigenvalue weighted by molar-refractivity contribution is -0.128. The fraction of sp³-hybridized carbons (Fsp3) is 0.350. The van der Waals surface area contributed by atoms with Crippen LogP contribution in [-0.4, -0.2) is 26.5 Å². The molecule has 0 bridgehead atoms. The van der Waals surface area contributed by atoms with E-state index in [9.17, 15) is 13.2 Å². The first-order chi connectivity index (χ1) is 12.8. The Labute approximate surface area is 159 Å². The van der Waals surface area contributed by atoms with Gasteiger partial charge in [0.2, 0.25) is 0 Å². The molecule has 1 aliphatic carbocycles. The molecule has 0 spiro atoms. The number of hydrogen-bond donors (Lipinski definition) is 2. The number of aryl methyl sites for hydroxylation is 1. The minimum atomic E-state index is -3.72. The van der Waals surface area contributed by atoms with Crippen LogP contribution in [0, 0.1) is 6.92 Å². The van der Waals surface area contributed by atoms with Crippen LogP contribution in [0.15, 0.2) is 47.4 Å². The number of amides is 1. The minimum absolute atomic E-state index is 0.136. The molecule has 2 aliphatic rings. The third kappa shape index (κ3) is 3.64. The lowest BCUT2D eigenvalue weighted by atomic mass is 9.97. The summed E-state index contributed by atoms with van der Waals surface area (Å²) in [5.41, 5.74) is 2.29. The van der Waals surface area contributed by atoms with Crippen LogP contribution in [0.5, 0.6) is 5.75 Å². The van der Waals surface area contributed by atoms with Crippen LogP contribution < -0.4 is 14.8 Å². The number of carbonyl (C=O) groups excluding carboxylic acids is 1. The third-order valence-electron chi connectivity index (χ3n) is 4.98. The van der Waals surface area contributed by atoms with Crippen molar-refractivity contribution in [2.45, 2.75) is 49.6 Å². The highest BCUT2D eigenvalue weighted by atomic mass is 32.2. The van der Waals surface area contributed by atoms with Crippen molar-refractivity contribution in [3.05, 3.63) is 53.6 Å². The molecule has 0 radical (unpaired) electrons. The molecule has 1 fully saturated rings. The molecule has 2 atom stereocenters. The Morgan fingerprint density at radius 2 is 1.81 bits per heavy atom. The quantitative estimate of drug-likeness (QED) is 0.827. The first kappa shape index (κ1) is 17.9. The van der Waals surface area contributed by atoms with Crippen molar-refractivity contribution in [3.63, 3.8) is 0 Å². The Morgan fingerprint density at radius 1 is 1.11 bits per heavy atom. The van der Waals surface area contributed by atoms with Gasteiger partial charge in [0.15, 0.2) is 6.10 Å². The number of fused-ring (bicyclic) bond motifs is 1. The summed E-state index contributed by atoms with van der Waals surface area (Å²) >= 11 is 0. The molecule has 1 saturated carbocycles. The fourth-order valence-corrected chi connectivity index (χ4v) is 4.28. The smallest absolute Gasteiger partial charge is 0.261 e. The van der Waals surface area contributed by atoms with Gasteiger partial charge in [0.05, 0.1) is 4.90 Å². The van der Waals surface area contributed by atoms with Crippen molar-refractivity contribution in [1.82, 2.24) is 5.32 Å². The third-order valence-corrected chi connectivity index (χ3v) is 6.36. The van der Waals surface area contributed by atoms with Crippen LogP contribution in [0.4, 0.5) is 5.69 Å². The van der Waals surface area contributed by atoms with E-state index in [1.807, 2.05) is 26.0 Å². The molecule has 2 aromatic rings. The predicted octanol–water partition coefficient (Wildman–Crippen LogP) is 2.94. The summed E-state index contributed by atoms with van der Waals surface area (Å²) < 4.78 is 33.8. The number of carbonyl (C=O) groups is 1. The second-order valence-electron chi connectivity index (χ2n) is 7.28. The van der Waals surface area contributed by atoms with Gasteiger partial charge < -0.3 is 10.1 Å². The molecule has 142 valence electrons. The van der Waals surface area contributed by atoms with Crippen LogP contribution in [-0.2, 0) is 14.8 Å². The van der Waals surface area contributed by atoms with E-state index in [1.165, 1.54) is 6.07 Å². The lowest BCUT2D eigenvalue weighted by Crippen LogP contribution is -2.39. The number of sulfonamides is 1. The summed E-state index contributed by atoms with van der Waals surface area (Å²) in [7, 11) is -3.72. The van der Waals surface area contributed by atoms with Gasteiger partial charge in [-0.1, -0.05) is 24.6 Å². The highest BCUT2D eigenvalue weighted by Gasteiger charge is 2.39. The SMILES string of the molecule is Cc1ccc(NS(=O)(=O)c2ccc3c(c2)C(C)C(C(=O)NC2CC2)O3)cc1. The maximum absolute atomic E-state index is 12.7. The van der Waals surface area contributed by atoms with Crippen LogP contribution in [0.1, 0.15) is 36.8 Å². The van der Waals surface area contributed by atoms with Crippen LogP contribution in [0.3, 0.4) is 0 Å². The monoisotopic (exact) mass is 386 g/mol. The number of nitrogens with one attached hydrogen (secondary N) is 2. The number of rotatable bonds is 5. The molecule has 4 rings (SSSR count). The number of anilines is 1. The normalized spacial score (nSPS) is 21.3. The van der Waals surface area contributed by atoms with Crippen LogP contribution >= 0.6 is 0 Å². The van der Waals surface area contributed by atoms with Crippen molar-refractivity contribution >= 4 is 21.6 Å². The van der Waals surface area contributed by atoms with Crippen LogP contribution in [0.25, 0.3) is 0 Å². The Bertz CT molecular complexity index is 982. The maximum atomic E-state index is 12.7. The van der Waals surface area contributed by atoms with Gasteiger partial charge in [-0.25, -0.2) is 8.42 Å². The van der Waals surface area contributed by atoms with E-state index in [4.69, 9.17) is 4.74 Å². The van der Waals surface area contributed by atoms with Crippen molar-refractivity contribution in [2.75, 3.05) is 4.72 Å². The highest BCUT2D eigenvalue weighted by molar-refractivity contribution is 7.92. The second-order valence-corrected chi connectivity index (χ2v) is 8.96. The molecule has 27 heavy (non-hydrogen) atoms. The fourth-order valence-electron chi connectivity index (χ4n) is 3.19. The predicted molar refractivity (Wildman–Crippen MR) is 102 cm³/mol. The molecule has 1 heterocycles. The van der Waals surface area contributed by atoms with Gasteiger partial charge >= 0.3 is 0 Å². The van der Waals surface area contributed by atoms with Crippen LogP contribution in [0.2, 0.25) is 0 Å². The molecule has 7 heteroatoms. The minimum Gasteiger partial charge on any atom is -0.480 e. The molecule has 2 unspecified atom stereocenters. The summed E-state index contributed by atoms with van der Waals surface area (Å²) in [6, 6.07) is 12.1. The molecule has 1 amide bonds. The Morgan fingerprint density at radius 3 is 2.48 bits per heavy atom. The maximum Gasteiger partial charge on any atom is 0.261 e. The van der Waals surface area contributed by atoms with Crippen molar-refractivity contribution in [1.29, 1.82) is 0 Å². The molecular weight excluding hydrogens is 364 g/mol. The topological polar surface area (TPSA) is 84.5 Å². The van der Waals surface area contributed by atoms with E-state index in [1.54, 1.807) is 24.3 Å². The molecule has 0 saturated heterocycles. The van der Waals surface area contributed by atoms with Crippen molar-refractivity contribution in [3.8, 4) is 5.75 Å². The average molecular weight is 386 g/mol. The first-order valence-electron chi connectivity index (χ1n) is 9.04. The van der Waals surface area contributed by atoms with E-state index in [-0.39, 0.29) is 22.8 Å². The van der Waals surface area contributed by atoms with Gasteiger partial charge in [-0.2, -0.15) is 0 Å². The molecule has 2 N–H and O–H groups in total. The van der Waals surface area contributed by atoms with Gasteiger partial charge in [0.25, 0.3) is 15.9 Å². The lowest BCUT2D eigenvalue weighted by Gasteiger charge is -2.14. The highest BCUT2D eigenvalue weighted by Crippen LogP contribution is 2.40. The van der Waals surface area contributed by atoms with E-state index in [0.717, 1.165) is 24.0 Å². The summed E-state index contributed by atoms with van der Waals surface area (Å²) in [5.74, 6) is 0.212. The zero-order valence-electron chi connectivity index (χ0n) is 15.2. The van der Waals surface area contributed by atoms with Gasteiger partial charge in [0, 0.05) is 23.2 Å². The average Bonchev–Trinajstić information content (AvgIpc) is 3.38. The second kappa shape index (κ2) is 6.56. The summed E-state index contributed by atoms with van der Waals surface area (Å²) in [5, 5.41) is 2.95. The molecule has 1 aliphatic heterocycles. The Balaban J connectivity index is 1.55. The van der Waals surface area contributed by atoms with Gasteiger partial charge in [-0.3, -0.25) is 9.52 Å². The summed E-state index contributed by atoms with van der Waals surface area (Å²) in [4.78, 5) is 12.5. The molecule has 2 aromatic carbocycles. The molecular formula is C20H22N2O4S. The number of ether oxygens (including phenoxy) is 1. The van der Waals surface area contributed by atoms with Crippen molar-refractivity contribution in [2.24, 2.45) is 0 Å². The largest absolute Gasteiger partial charge is 0.480 e. The molecule has 0 aromatic heterocycles. The first-order valence-corrected chi connectivity index (χ1v) is 10.5. The summed E-state index contributed by atoms with van der Waals surface area (Å²) in [6.07, 6.45) is 1.39. The zero-order chi connectivity index (χ0) is 19.2. The van der Waals surface area contributed by atoms with E-state index in [0.29, 0.717) is 11.4 Å². The van der Waals surface area contributed by atoms with Gasteiger partial charge in [0.1, 0.15) is 5.75 Å². The zero-order valence-corrected chi connectivity index (χ0v) is 16.0. The van der Waals surface area contributed by atoms with E-state index in [2.05, 4.69) is 10.0 Å². The van der Waals surface area contributed by atoms with Crippen molar-refractivity contribution < 1.29 is 17.9 Å². The summed E-state index contributed by atoms with van der Waals surface area (Å²) in [6.45, 7) is 3.82.